The first-order valence-corrected chi connectivity index (χ1v) is 6.13. The second-order valence-electron chi connectivity index (χ2n) is 4.15. The molecule has 0 fully saturated rings. The minimum absolute atomic E-state index is 0.449. The van der Waals surface area contributed by atoms with Gasteiger partial charge in [0.1, 0.15) is 12.4 Å². The van der Waals surface area contributed by atoms with Crippen molar-refractivity contribution in [3.8, 4) is 5.75 Å². The minimum Gasteiger partial charge on any atom is -0.491 e. The van der Waals surface area contributed by atoms with Crippen molar-refractivity contribution in [2.45, 2.75) is 20.0 Å². The van der Waals surface area contributed by atoms with Gasteiger partial charge in [-0.15, -0.1) is 0 Å². The molecule has 4 nitrogen and oxygen atoms in total. The molecular formula is C14H22O4. The van der Waals surface area contributed by atoms with Crippen LogP contribution in [-0.2, 0) is 9.47 Å². The molecule has 0 amide bonds. The number of hydrogen-bond donors (Lipinski definition) is 1. The molecule has 18 heavy (non-hydrogen) atoms. The van der Waals surface area contributed by atoms with Crippen LogP contribution in [0.1, 0.15) is 24.2 Å². The van der Waals surface area contributed by atoms with Gasteiger partial charge in [-0.1, -0.05) is 6.07 Å². The maximum atomic E-state index is 9.46. The van der Waals surface area contributed by atoms with Crippen LogP contribution in [0.15, 0.2) is 18.2 Å². The second-order valence-corrected chi connectivity index (χ2v) is 4.15. The highest BCUT2D eigenvalue weighted by atomic mass is 16.5. The zero-order valence-corrected chi connectivity index (χ0v) is 11.3. The van der Waals surface area contributed by atoms with Gasteiger partial charge in [-0.3, -0.25) is 0 Å². The van der Waals surface area contributed by atoms with Crippen molar-refractivity contribution in [2.24, 2.45) is 0 Å². The van der Waals surface area contributed by atoms with E-state index < -0.39 is 6.10 Å². The van der Waals surface area contributed by atoms with Crippen molar-refractivity contribution in [3.63, 3.8) is 0 Å². The van der Waals surface area contributed by atoms with E-state index in [0.717, 1.165) is 16.9 Å². The predicted octanol–water partition coefficient (Wildman–Crippen LogP) is 2.09. The number of aliphatic hydroxyl groups is 1. The zero-order chi connectivity index (χ0) is 13.4. The molecule has 0 radical (unpaired) electrons. The average molecular weight is 254 g/mol. The van der Waals surface area contributed by atoms with Crippen LogP contribution < -0.4 is 4.74 Å². The number of benzene rings is 1. The highest BCUT2D eigenvalue weighted by Crippen LogP contribution is 2.22. The summed E-state index contributed by atoms with van der Waals surface area (Å²) in [5.74, 6) is 0.828. The number of rotatable bonds is 8. The normalized spacial score (nSPS) is 12.4. The Hall–Kier alpha value is -1.10. The maximum Gasteiger partial charge on any atom is 0.122 e. The molecule has 102 valence electrons. The van der Waals surface area contributed by atoms with Gasteiger partial charge in [0.25, 0.3) is 0 Å². The van der Waals surface area contributed by atoms with E-state index in [2.05, 4.69) is 0 Å². The van der Waals surface area contributed by atoms with E-state index in [-0.39, 0.29) is 0 Å². The first-order chi connectivity index (χ1) is 8.65. The summed E-state index contributed by atoms with van der Waals surface area (Å²) in [7, 11) is 1.65. The Morgan fingerprint density at radius 3 is 2.50 bits per heavy atom. The molecular weight excluding hydrogens is 232 g/mol. The number of hydrogen-bond acceptors (Lipinski definition) is 4. The largest absolute Gasteiger partial charge is 0.491 e. The van der Waals surface area contributed by atoms with Crippen LogP contribution in [0, 0.1) is 6.92 Å². The Bertz CT molecular complexity index is 350. The summed E-state index contributed by atoms with van der Waals surface area (Å²) in [6.45, 7) is 5.95. The zero-order valence-electron chi connectivity index (χ0n) is 11.3. The Morgan fingerprint density at radius 2 is 1.89 bits per heavy atom. The van der Waals surface area contributed by atoms with Gasteiger partial charge >= 0.3 is 0 Å². The third-order valence-corrected chi connectivity index (χ3v) is 2.60. The fraction of sp³-hybridized carbons (Fsp3) is 0.571. The van der Waals surface area contributed by atoms with E-state index in [0.29, 0.717) is 26.4 Å². The van der Waals surface area contributed by atoms with Gasteiger partial charge in [0.15, 0.2) is 0 Å². The molecule has 0 saturated heterocycles. The molecule has 0 saturated carbocycles. The van der Waals surface area contributed by atoms with Crippen molar-refractivity contribution < 1.29 is 19.3 Å². The maximum absolute atomic E-state index is 9.46. The lowest BCUT2D eigenvalue weighted by Crippen LogP contribution is -2.10. The van der Waals surface area contributed by atoms with Gasteiger partial charge in [-0.25, -0.2) is 0 Å². The van der Waals surface area contributed by atoms with Crippen molar-refractivity contribution in [3.05, 3.63) is 29.3 Å². The smallest absolute Gasteiger partial charge is 0.122 e. The topological polar surface area (TPSA) is 47.9 Å². The van der Waals surface area contributed by atoms with E-state index in [1.807, 2.05) is 25.1 Å². The Kier molecular flexibility index (Phi) is 6.72. The molecule has 1 unspecified atom stereocenters. The Labute approximate surface area is 108 Å². The van der Waals surface area contributed by atoms with Crippen LogP contribution in [-0.4, -0.2) is 38.6 Å². The molecule has 1 N–H and O–H groups in total. The van der Waals surface area contributed by atoms with Crippen molar-refractivity contribution in [1.82, 2.24) is 0 Å². The average Bonchev–Trinajstić information content (AvgIpc) is 2.35. The lowest BCUT2D eigenvalue weighted by atomic mass is 10.1. The number of ether oxygens (including phenoxy) is 3. The van der Waals surface area contributed by atoms with Gasteiger partial charge in [-0.05, 0) is 37.1 Å². The first kappa shape index (κ1) is 15.0. The van der Waals surface area contributed by atoms with Crippen molar-refractivity contribution >= 4 is 0 Å². The molecule has 0 aliphatic heterocycles. The molecule has 0 spiro atoms. The standard InChI is InChI=1S/C14H22O4/c1-11-10-13(12(2)15)4-5-14(11)18-9-8-17-7-6-16-3/h4-5,10,12,15H,6-9H2,1-3H3. The summed E-state index contributed by atoms with van der Waals surface area (Å²) < 4.78 is 15.8. The summed E-state index contributed by atoms with van der Waals surface area (Å²) in [6.07, 6.45) is -0.449. The van der Waals surface area contributed by atoms with Gasteiger partial charge < -0.3 is 19.3 Å². The molecule has 1 aromatic rings. The molecule has 1 atom stereocenters. The lowest BCUT2D eigenvalue weighted by Gasteiger charge is -2.12. The molecule has 4 heteroatoms. The van der Waals surface area contributed by atoms with Crippen LogP contribution >= 0.6 is 0 Å². The molecule has 0 aliphatic rings. The van der Waals surface area contributed by atoms with Gasteiger partial charge in [-0.2, -0.15) is 0 Å². The van der Waals surface area contributed by atoms with E-state index >= 15 is 0 Å². The van der Waals surface area contributed by atoms with E-state index in [4.69, 9.17) is 14.2 Å². The lowest BCUT2D eigenvalue weighted by molar-refractivity contribution is 0.0543. The van der Waals surface area contributed by atoms with E-state index in [1.54, 1.807) is 14.0 Å². The molecule has 0 aliphatic carbocycles. The molecule has 1 rings (SSSR count). The summed E-state index contributed by atoms with van der Waals surface area (Å²) in [6, 6.07) is 5.69. The fourth-order valence-corrected chi connectivity index (χ4v) is 1.55. The highest BCUT2D eigenvalue weighted by molar-refractivity contribution is 5.36. The second kappa shape index (κ2) is 8.08. The number of aliphatic hydroxyl groups excluding tert-OH is 1. The number of aryl methyl sites for hydroxylation is 1. The predicted molar refractivity (Wildman–Crippen MR) is 70.0 cm³/mol. The van der Waals surface area contributed by atoms with Crippen molar-refractivity contribution in [2.75, 3.05) is 33.5 Å². The van der Waals surface area contributed by atoms with Crippen LogP contribution in [0.25, 0.3) is 0 Å². The fourth-order valence-electron chi connectivity index (χ4n) is 1.55. The summed E-state index contributed by atoms with van der Waals surface area (Å²) in [5, 5.41) is 9.46. The molecule has 1 aromatic carbocycles. The molecule has 0 bridgehead atoms. The Morgan fingerprint density at radius 1 is 1.17 bits per heavy atom. The van der Waals surface area contributed by atoms with Gasteiger partial charge in [0.2, 0.25) is 0 Å². The first-order valence-electron chi connectivity index (χ1n) is 6.13. The summed E-state index contributed by atoms with van der Waals surface area (Å²) >= 11 is 0. The third-order valence-electron chi connectivity index (χ3n) is 2.60. The van der Waals surface area contributed by atoms with E-state index in [1.165, 1.54) is 0 Å². The van der Waals surface area contributed by atoms with Crippen LogP contribution in [0.4, 0.5) is 0 Å². The minimum atomic E-state index is -0.449. The van der Waals surface area contributed by atoms with Crippen LogP contribution in [0.3, 0.4) is 0 Å². The third kappa shape index (κ3) is 5.04. The van der Waals surface area contributed by atoms with Crippen molar-refractivity contribution in [1.29, 1.82) is 0 Å². The Balaban J connectivity index is 2.34. The van der Waals surface area contributed by atoms with Gasteiger partial charge in [0.05, 0.1) is 25.9 Å². The molecule has 0 aromatic heterocycles. The monoisotopic (exact) mass is 254 g/mol. The number of methoxy groups -OCH3 is 1. The van der Waals surface area contributed by atoms with Gasteiger partial charge in [0, 0.05) is 7.11 Å². The quantitative estimate of drug-likeness (QED) is 0.722. The molecule has 0 heterocycles. The van der Waals surface area contributed by atoms with Crippen LogP contribution in [0.5, 0.6) is 5.75 Å². The highest BCUT2D eigenvalue weighted by Gasteiger charge is 2.04. The SMILES string of the molecule is COCCOCCOc1ccc(C(C)O)cc1C. The van der Waals surface area contributed by atoms with Crippen LogP contribution in [0.2, 0.25) is 0 Å². The summed E-state index contributed by atoms with van der Waals surface area (Å²) in [4.78, 5) is 0. The van der Waals surface area contributed by atoms with E-state index in [9.17, 15) is 5.11 Å². The summed E-state index contributed by atoms with van der Waals surface area (Å²) in [5.41, 5.74) is 1.92.